The smallest absolute Gasteiger partial charge is 0.249 e. The zero-order valence-electron chi connectivity index (χ0n) is 6.84. The highest BCUT2D eigenvalue weighted by Gasteiger charge is 2.37. The second kappa shape index (κ2) is 2.81. The summed E-state index contributed by atoms with van der Waals surface area (Å²) < 4.78 is 0. The molecule has 0 aliphatic heterocycles. The van der Waals surface area contributed by atoms with E-state index in [9.17, 15) is 9.90 Å². The monoisotopic (exact) mass is 157 g/mol. The van der Waals surface area contributed by atoms with Gasteiger partial charge in [0.15, 0.2) is 0 Å². The van der Waals surface area contributed by atoms with Gasteiger partial charge in [-0.15, -0.1) is 0 Å². The van der Waals surface area contributed by atoms with E-state index in [2.05, 4.69) is 0 Å². The summed E-state index contributed by atoms with van der Waals surface area (Å²) in [7, 11) is 0. The van der Waals surface area contributed by atoms with Gasteiger partial charge in [-0.25, -0.2) is 0 Å². The van der Waals surface area contributed by atoms with Crippen molar-refractivity contribution < 1.29 is 9.90 Å². The number of hydrogen-bond acceptors (Lipinski definition) is 2. The highest BCUT2D eigenvalue weighted by atomic mass is 16.3. The van der Waals surface area contributed by atoms with Crippen molar-refractivity contribution in [3.63, 3.8) is 0 Å². The molecule has 0 saturated heterocycles. The predicted octanol–water partition coefficient (Wildman–Crippen LogP) is 0.413. The van der Waals surface area contributed by atoms with E-state index in [1.54, 1.807) is 0 Å². The first kappa shape index (κ1) is 8.53. The molecule has 3 heteroatoms. The van der Waals surface area contributed by atoms with E-state index in [0.29, 0.717) is 18.8 Å². The minimum absolute atomic E-state index is 0.418. The third-order valence-electron chi connectivity index (χ3n) is 2.43. The lowest BCUT2D eigenvalue weighted by Gasteiger charge is -2.32. The number of aliphatic hydroxyl groups is 1. The van der Waals surface area contributed by atoms with Gasteiger partial charge in [0.25, 0.3) is 0 Å². The summed E-state index contributed by atoms with van der Waals surface area (Å²) in [5.41, 5.74) is 3.86. The fourth-order valence-corrected chi connectivity index (χ4v) is 1.75. The van der Waals surface area contributed by atoms with E-state index in [-0.39, 0.29) is 0 Å². The molecule has 1 aliphatic carbocycles. The molecule has 64 valence electrons. The highest BCUT2D eigenvalue weighted by Crippen LogP contribution is 2.31. The Morgan fingerprint density at radius 2 is 2.36 bits per heavy atom. The van der Waals surface area contributed by atoms with E-state index in [1.807, 2.05) is 6.92 Å². The number of amides is 1. The van der Waals surface area contributed by atoms with Crippen LogP contribution >= 0.6 is 0 Å². The molecule has 11 heavy (non-hydrogen) atoms. The summed E-state index contributed by atoms with van der Waals surface area (Å²) in [6.07, 6.45) is 3.06. The van der Waals surface area contributed by atoms with Crippen molar-refractivity contribution in [1.29, 1.82) is 0 Å². The highest BCUT2D eigenvalue weighted by molar-refractivity contribution is 5.83. The van der Waals surface area contributed by atoms with E-state index in [1.165, 1.54) is 0 Å². The van der Waals surface area contributed by atoms with E-state index < -0.39 is 11.5 Å². The SMILES string of the molecule is CC1CCCC(O)(C(N)=O)C1. The van der Waals surface area contributed by atoms with Gasteiger partial charge in [0.1, 0.15) is 5.60 Å². The lowest BCUT2D eigenvalue weighted by molar-refractivity contribution is -0.141. The predicted molar refractivity (Wildman–Crippen MR) is 41.8 cm³/mol. The third-order valence-corrected chi connectivity index (χ3v) is 2.43. The fourth-order valence-electron chi connectivity index (χ4n) is 1.75. The summed E-state index contributed by atoms with van der Waals surface area (Å²) in [5, 5.41) is 9.64. The molecular formula is C8H15NO2. The topological polar surface area (TPSA) is 63.3 Å². The molecule has 0 aromatic rings. The van der Waals surface area contributed by atoms with Crippen LogP contribution < -0.4 is 5.73 Å². The minimum Gasteiger partial charge on any atom is -0.380 e. The van der Waals surface area contributed by atoms with Crippen LogP contribution in [0.2, 0.25) is 0 Å². The van der Waals surface area contributed by atoms with Crippen LogP contribution in [0.1, 0.15) is 32.6 Å². The van der Waals surface area contributed by atoms with Crippen LogP contribution in [-0.4, -0.2) is 16.6 Å². The Hall–Kier alpha value is -0.570. The fraction of sp³-hybridized carbons (Fsp3) is 0.875. The zero-order chi connectivity index (χ0) is 8.48. The Balaban J connectivity index is 2.63. The lowest BCUT2D eigenvalue weighted by Crippen LogP contribution is -2.46. The second-order valence-electron chi connectivity index (χ2n) is 3.60. The minimum atomic E-state index is -1.21. The van der Waals surface area contributed by atoms with Gasteiger partial charge in [-0.1, -0.05) is 13.3 Å². The van der Waals surface area contributed by atoms with Crippen molar-refractivity contribution >= 4 is 5.91 Å². The first-order valence-corrected chi connectivity index (χ1v) is 4.07. The van der Waals surface area contributed by atoms with E-state index in [0.717, 1.165) is 12.8 Å². The van der Waals surface area contributed by atoms with Gasteiger partial charge >= 0.3 is 0 Å². The zero-order valence-corrected chi connectivity index (χ0v) is 6.84. The number of hydrogen-bond donors (Lipinski definition) is 2. The van der Waals surface area contributed by atoms with Crippen LogP contribution in [0.3, 0.4) is 0 Å². The third kappa shape index (κ3) is 1.71. The van der Waals surface area contributed by atoms with Gasteiger partial charge in [-0.05, 0) is 25.2 Å². The van der Waals surface area contributed by atoms with Gasteiger partial charge in [0.05, 0.1) is 0 Å². The van der Waals surface area contributed by atoms with Gasteiger partial charge in [-0.2, -0.15) is 0 Å². The summed E-state index contributed by atoms with van der Waals surface area (Å²) in [4.78, 5) is 10.8. The molecule has 1 saturated carbocycles. The maximum Gasteiger partial charge on any atom is 0.249 e. The summed E-state index contributed by atoms with van der Waals surface area (Å²) >= 11 is 0. The lowest BCUT2D eigenvalue weighted by atomic mass is 9.78. The van der Waals surface area contributed by atoms with Crippen LogP contribution in [-0.2, 0) is 4.79 Å². The average Bonchev–Trinajstić information content (AvgIpc) is 1.86. The normalized spacial score (nSPS) is 38.5. The molecule has 3 N–H and O–H groups in total. The Kier molecular flexibility index (Phi) is 2.18. The van der Waals surface area contributed by atoms with Crippen molar-refractivity contribution in [2.45, 2.75) is 38.2 Å². The molecule has 1 rings (SSSR count). The first-order valence-electron chi connectivity index (χ1n) is 4.07. The molecule has 0 bridgehead atoms. The average molecular weight is 157 g/mol. The van der Waals surface area contributed by atoms with Crippen molar-refractivity contribution in [1.82, 2.24) is 0 Å². The van der Waals surface area contributed by atoms with Crippen LogP contribution in [0, 0.1) is 5.92 Å². The van der Waals surface area contributed by atoms with Gasteiger partial charge in [0.2, 0.25) is 5.91 Å². The Bertz CT molecular complexity index is 169. The van der Waals surface area contributed by atoms with Crippen LogP contribution in [0.25, 0.3) is 0 Å². The van der Waals surface area contributed by atoms with Gasteiger partial charge < -0.3 is 10.8 Å². The van der Waals surface area contributed by atoms with Crippen molar-refractivity contribution in [3.8, 4) is 0 Å². The molecule has 1 aliphatic rings. The number of carbonyl (C=O) groups excluding carboxylic acids is 1. The standard InChI is InChI=1S/C8H15NO2/c1-6-3-2-4-8(11,5-6)7(9)10/h6,11H,2-5H2,1H3,(H2,9,10). The number of rotatable bonds is 1. The summed E-state index contributed by atoms with van der Waals surface area (Å²) in [5.74, 6) is -0.148. The number of primary amides is 1. The van der Waals surface area contributed by atoms with Crippen LogP contribution in [0.4, 0.5) is 0 Å². The van der Waals surface area contributed by atoms with Crippen molar-refractivity contribution in [2.75, 3.05) is 0 Å². The Morgan fingerprint density at radius 3 is 2.73 bits per heavy atom. The molecular weight excluding hydrogens is 142 g/mol. The first-order chi connectivity index (χ1) is 5.04. The molecule has 0 aromatic carbocycles. The van der Waals surface area contributed by atoms with Gasteiger partial charge in [0, 0.05) is 0 Å². The molecule has 0 radical (unpaired) electrons. The largest absolute Gasteiger partial charge is 0.380 e. The number of nitrogens with two attached hydrogens (primary N) is 1. The second-order valence-corrected chi connectivity index (χ2v) is 3.60. The van der Waals surface area contributed by atoms with Crippen LogP contribution in [0.5, 0.6) is 0 Å². The Morgan fingerprint density at radius 1 is 1.73 bits per heavy atom. The van der Waals surface area contributed by atoms with Crippen molar-refractivity contribution in [3.05, 3.63) is 0 Å². The summed E-state index contributed by atoms with van der Waals surface area (Å²) in [6.45, 7) is 2.03. The maximum absolute atomic E-state index is 10.8. The van der Waals surface area contributed by atoms with Crippen molar-refractivity contribution in [2.24, 2.45) is 11.7 Å². The molecule has 3 nitrogen and oxygen atoms in total. The molecule has 0 heterocycles. The molecule has 1 fully saturated rings. The molecule has 2 atom stereocenters. The maximum atomic E-state index is 10.8. The quantitative estimate of drug-likeness (QED) is 0.579. The van der Waals surface area contributed by atoms with E-state index in [4.69, 9.17) is 5.73 Å². The van der Waals surface area contributed by atoms with Gasteiger partial charge in [-0.3, -0.25) is 4.79 Å². The molecule has 0 spiro atoms. The van der Waals surface area contributed by atoms with Crippen LogP contribution in [0.15, 0.2) is 0 Å². The molecule has 0 aromatic heterocycles. The summed E-state index contributed by atoms with van der Waals surface area (Å²) in [6, 6.07) is 0. The molecule has 2 unspecified atom stereocenters. The number of carbonyl (C=O) groups is 1. The Labute approximate surface area is 66.6 Å². The van der Waals surface area contributed by atoms with E-state index >= 15 is 0 Å². The molecule has 1 amide bonds.